The Balaban J connectivity index is 2.41. The maximum Gasteiger partial charge on any atom is 0.303 e. The summed E-state index contributed by atoms with van der Waals surface area (Å²) in [5, 5.41) is 21.2. The predicted molar refractivity (Wildman–Crippen MR) is 71.7 cm³/mol. The van der Waals surface area contributed by atoms with Crippen molar-refractivity contribution in [2.75, 3.05) is 6.54 Å². The number of aliphatic hydroxyl groups excluding tert-OH is 1. The van der Waals surface area contributed by atoms with Gasteiger partial charge in [0.2, 0.25) is 5.91 Å². The van der Waals surface area contributed by atoms with Gasteiger partial charge in [0.1, 0.15) is 0 Å². The van der Waals surface area contributed by atoms with Gasteiger partial charge in [-0.3, -0.25) is 9.59 Å². The van der Waals surface area contributed by atoms with Gasteiger partial charge in [0.05, 0.1) is 12.5 Å². The summed E-state index contributed by atoms with van der Waals surface area (Å²) in [5.41, 5.74) is -0.369. The van der Waals surface area contributed by atoms with Crippen LogP contribution in [0.1, 0.15) is 58.3 Å². The van der Waals surface area contributed by atoms with Gasteiger partial charge >= 0.3 is 5.97 Å². The number of hydrogen-bond donors (Lipinski definition) is 3. The number of aliphatic carboxylic acids is 1. The highest BCUT2D eigenvalue weighted by atomic mass is 16.4. The van der Waals surface area contributed by atoms with Gasteiger partial charge in [0, 0.05) is 13.0 Å². The van der Waals surface area contributed by atoms with Crippen LogP contribution in [0.3, 0.4) is 0 Å². The minimum absolute atomic E-state index is 0.0674. The summed E-state index contributed by atoms with van der Waals surface area (Å²) in [7, 11) is 0. The van der Waals surface area contributed by atoms with Gasteiger partial charge < -0.3 is 15.5 Å². The number of carboxylic acids is 1. The lowest BCUT2D eigenvalue weighted by Gasteiger charge is -2.26. The maximum atomic E-state index is 11.9. The molecule has 5 heteroatoms. The minimum Gasteiger partial charge on any atom is -0.481 e. The summed E-state index contributed by atoms with van der Waals surface area (Å²) in [6.45, 7) is 2.24. The monoisotopic (exact) mass is 271 g/mol. The second-order valence-electron chi connectivity index (χ2n) is 5.70. The molecular formula is C14H25NO4. The van der Waals surface area contributed by atoms with Crippen LogP contribution >= 0.6 is 0 Å². The fraction of sp³-hybridized carbons (Fsp3) is 0.857. The topological polar surface area (TPSA) is 86.6 Å². The molecule has 0 heterocycles. The molecule has 1 rings (SSSR count). The average Bonchev–Trinajstić information content (AvgIpc) is 2.74. The number of aliphatic hydroxyl groups is 1. The Morgan fingerprint density at radius 1 is 1.26 bits per heavy atom. The van der Waals surface area contributed by atoms with Crippen molar-refractivity contribution in [1.82, 2.24) is 5.32 Å². The molecule has 0 radical (unpaired) electrons. The number of amides is 1. The van der Waals surface area contributed by atoms with E-state index in [0.717, 1.165) is 32.1 Å². The van der Waals surface area contributed by atoms with Gasteiger partial charge in [-0.2, -0.15) is 0 Å². The minimum atomic E-state index is -0.833. The molecule has 0 aliphatic heterocycles. The quantitative estimate of drug-likeness (QED) is 0.627. The van der Waals surface area contributed by atoms with E-state index in [0.29, 0.717) is 6.42 Å². The van der Waals surface area contributed by atoms with Crippen molar-refractivity contribution in [2.24, 2.45) is 5.41 Å². The highest BCUT2D eigenvalue weighted by Crippen LogP contribution is 2.43. The highest BCUT2D eigenvalue weighted by Gasteiger charge is 2.37. The van der Waals surface area contributed by atoms with Gasteiger partial charge in [0.15, 0.2) is 0 Å². The molecular weight excluding hydrogens is 246 g/mol. The normalized spacial score (nSPS) is 19.1. The Labute approximate surface area is 114 Å². The standard InChI is InChI=1S/C14H25NO4/c1-2-5-11(16)10-15-12(17)8-14(9-13(18)19)6-3-4-7-14/h11,16H,2-10H2,1H3,(H,15,17)(H,18,19). The van der Waals surface area contributed by atoms with Gasteiger partial charge in [-0.15, -0.1) is 0 Å². The Kier molecular flexibility index (Phi) is 6.28. The fourth-order valence-corrected chi connectivity index (χ4v) is 2.93. The molecule has 0 bridgehead atoms. The first-order valence-electron chi connectivity index (χ1n) is 7.14. The van der Waals surface area contributed by atoms with Gasteiger partial charge in [-0.25, -0.2) is 0 Å². The first kappa shape index (κ1) is 16.0. The molecule has 1 unspecified atom stereocenters. The van der Waals surface area contributed by atoms with E-state index in [4.69, 9.17) is 5.11 Å². The van der Waals surface area contributed by atoms with E-state index in [1.165, 1.54) is 0 Å². The van der Waals surface area contributed by atoms with Crippen LogP contribution in [-0.4, -0.2) is 34.7 Å². The van der Waals surface area contributed by atoms with Gasteiger partial charge in [-0.05, 0) is 24.7 Å². The lowest BCUT2D eigenvalue weighted by molar-refractivity contribution is -0.140. The first-order chi connectivity index (χ1) is 8.97. The summed E-state index contributed by atoms with van der Waals surface area (Å²) in [4.78, 5) is 22.8. The highest BCUT2D eigenvalue weighted by molar-refractivity contribution is 5.78. The Hall–Kier alpha value is -1.10. The zero-order chi connectivity index (χ0) is 14.3. The number of carbonyl (C=O) groups is 2. The zero-order valence-electron chi connectivity index (χ0n) is 11.7. The third kappa shape index (κ3) is 5.59. The van der Waals surface area contributed by atoms with Gasteiger partial charge in [0.25, 0.3) is 0 Å². The average molecular weight is 271 g/mol. The van der Waals surface area contributed by atoms with Crippen LogP contribution in [-0.2, 0) is 9.59 Å². The van der Waals surface area contributed by atoms with Crippen molar-refractivity contribution in [1.29, 1.82) is 0 Å². The van der Waals surface area contributed by atoms with Crippen LogP contribution in [0.25, 0.3) is 0 Å². The van der Waals surface area contributed by atoms with Crippen molar-refractivity contribution in [3.63, 3.8) is 0 Å². The van der Waals surface area contributed by atoms with E-state index in [1.807, 2.05) is 6.92 Å². The molecule has 1 atom stereocenters. The molecule has 1 fully saturated rings. The number of hydrogen-bond acceptors (Lipinski definition) is 3. The van der Waals surface area contributed by atoms with Crippen LogP contribution in [0, 0.1) is 5.41 Å². The van der Waals surface area contributed by atoms with E-state index in [2.05, 4.69) is 5.32 Å². The summed E-state index contributed by atoms with van der Waals surface area (Å²) < 4.78 is 0. The SMILES string of the molecule is CCCC(O)CNC(=O)CC1(CC(=O)O)CCCC1. The number of carbonyl (C=O) groups excluding carboxylic acids is 1. The molecule has 19 heavy (non-hydrogen) atoms. The second-order valence-corrected chi connectivity index (χ2v) is 5.70. The predicted octanol–water partition coefficient (Wildman–Crippen LogP) is 1.69. The summed E-state index contributed by atoms with van der Waals surface area (Å²) in [5.74, 6) is -0.973. The fourth-order valence-electron chi connectivity index (χ4n) is 2.93. The molecule has 1 aliphatic rings. The molecule has 5 nitrogen and oxygen atoms in total. The van der Waals surface area contributed by atoms with E-state index in [1.54, 1.807) is 0 Å². The molecule has 3 N–H and O–H groups in total. The summed E-state index contributed by atoms with van der Waals surface area (Å²) >= 11 is 0. The van der Waals surface area contributed by atoms with Gasteiger partial charge in [-0.1, -0.05) is 26.2 Å². The van der Waals surface area contributed by atoms with Crippen molar-refractivity contribution < 1.29 is 19.8 Å². The van der Waals surface area contributed by atoms with E-state index < -0.39 is 12.1 Å². The van der Waals surface area contributed by atoms with Crippen LogP contribution in [0.4, 0.5) is 0 Å². The molecule has 0 spiro atoms. The summed E-state index contributed by atoms with van der Waals surface area (Å²) in [6.07, 6.45) is 4.98. The Bertz CT molecular complexity index is 311. The lowest BCUT2D eigenvalue weighted by Crippen LogP contribution is -2.36. The third-order valence-electron chi connectivity index (χ3n) is 3.88. The third-order valence-corrected chi connectivity index (χ3v) is 3.88. The number of nitrogens with one attached hydrogen (secondary N) is 1. The van der Waals surface area contributed by atoms with Crippen molar-refractivity contribution in [2.45, 2.75) is 64.4 Å². The van der Waals surface area contributed by atoms with Crippen LogP contribution in [0.5, 0.6) is 0 Å². The molecule has 0 saturated heterocycles. The van der Waals surface area contributed by atoms with E-state index in [9.17, 15) is 14.7 Å². The lowest BCUT2D eigenvalue weighted by atomic mass is 9.79. The van der Waals surface area contributed by atoms with Crippen molar-refractivity contribution >= 4 is 11.9 Å². The maximum absolute atomic E-state index is 11.9. The molecule has 0 aromatic rings. The van der Waals surface area contributed by atoms with E-state index in [-0.39, 0.29) is 30.7 Å². The summed E-state index contributed by atoms with van der Waals surface area (Å²) in [6, 6.07) is 0. The first-order valence-corrected chi connectivity index (χ1v) is 7.14. The smallest absolute Gasteiger partial charge is 0.303 e. The molecule has 110 valence electrons. The number of rotatable bonds is 8. The van der Waals surface area contributed by atoms with E-state index >= 15 is 0 Å². The van der Waals surface area contributed by atoms with Crippen molar-refractivity contribution in [3.05, 3.63) is 0 Å². The van der Waals surface area contributed by atoms with Crippen LogP contribution < -0.4 is 5.32 Å². The molecule has 0 aromatic carbocycles. The van der Waals surface area contributed by atoms with Crippen LogP contribution in [0.15, 0.2) is 0 Å². The number of carboxylic acid groups (broad SMARTS) is 1. The molecule has 1 amide bonds. The zero-order valence-corrected chi connectivity index (χ0v) is 11.7. The van der Waals surface area contributed by atoms with Crippen LogP contribution in [0.2, 0.25) is 0 Å². The largest absolute Gasteiger partial charge is 0.481 e. The molecule has 0 aromatic heterocycles. The Morgan fingerprint density at radius 3 is 2.42 bits per heavy atom. The Morgan fingerprint density at radius 2 is 1.89 bits per heavy atom. The van der Waals surface area contributed by atoms with Crippen molar-refractivity contribution in [3.8, 4) is 0 Å². The molecule has 1 saturated carbocycles. The molecule has 1 aliphatic carbocycles. The second kappa shape index (κ2) is 7.48.